The Kier molecular flexibility index (Phi) is 6.76. The quantitative estimate of drug-likeness (QED) is 0.645. The Bertz CT molecular complexity index is 939. The van der Waals surface area contributed by atoms with Crippen LogP contribution in [0.15, 0.2) is 84.9 Å². The van der Waals surface area contributed by atoms with Gasteiger partial charge in [0, 0.05) is 23.4 Å². The van der Waals surface area contributed by atoms with Gasteiger partial charge in [-0.05, 0) is 56.1 Å². The first kappa shape index (κ1) is 20.3. The van der Waals surface area contributed by atoms with E-state index in [1.165, 1.54) is 0 Å². The van der Waals surface area contributed by atoms with E-state index >= 15 is 0 Å². The van der Waals surface area contributed by atoms with Crippen molar-refractivity contribution in [2.75, 3.05) is 26.0 Å². The molecule has 0 bridgehead atoms. The van der Waals surface area contributed by atoms with Gasteiger partial charge in [0.2, 0.25) is 0 Å². The number of amides is 2. The highest BCUT2D eigenvalue weighted by molar-refractivity contribution is 6.04. The predicted octanol–water partition coefficient (Wildman–Crippen LogP) is 3.97. The second-order valence-electron chi connectivity index (χ2n) is 7.00. The molecule has 3 rings (SSSR count). The highest BCUT2D eigenvalue weighted by Crippen LogP contribution is 2.17. The number of nitrogens with zero attached hydrogens (tertiary/aromatic N) is 1. The molecule has 0 radical (unpaired) electrons. The summed E-state index contributed by atoms with van der Waals surface area (Å²) in [6.07, 6.45) is 0. The Balaban J connectivity index is 1.59. The van der Waals surface area contributed by atoms with Crippen LogP contribution in [0.3, 0.4) is 0 Å². The monoisotopic (exact) mass is 387 g/mol. The fraction of sp³-hybridized carbons (Fsp3) is 0.167. The molecule has 0 aliphatic heterocycles. The lowest BCUT2D eigenvalue weighted by Gasteiger charge is -2.25. The summed E-state index contributed by atoms with van der Waals surface area (Å²) in [6, 6.07) is 26.1. The Labute approximate surface area is 171 Å². The van der Waals surface area contributed by atoms with Gasteiger partial charge in [-0.2, -0.15) is 0 Å². The summed E-state index contributed by atoms with van der Waals surface area (Å²) in [6.45, 7) is 0.502. The molecule has 3 aromatic carbocycles. The van der Waals surface area contributed by atoms with E-state index in [1.54, 1.807) is 36.4 Å². The smallest absolute Gasteiger partial charge is 0.255 e. The first-order valence-corrected chi connectivity index (χ1v) is 9.50. The molecule has 29 heavy (non-hydrogen) atoms. The van der Waals surface area contributed by atoms with Crippen molar-refractivity contribution in [2.45, 2.75) is 6.04 Å². The van der Waals surface area contributed by atoms with Crippen LogP contribution in [0.2, 0.25) is 0 Å². The number of nitrogens with one attached hydrogen (secondary N) is 2. The standard InChI is InChI=1S/C24H25N3O2/c1-27(2)22(18-9-5-3-6-10-18)17-25-23(28)20-13-15-21(16-14-20)26-24(29)19-11-7-4-8-12-19/h3-16,22H,17H2,1-2H3,(H,25,28)(H,26,29). The van der Waals surface area contributed by atoms with Crippen LogP contribution in [-0.2, 0) is 0 Å². The maximum absolute atomic E-state index is 12.5. The topological polar surface area (TPSA) is 61.4 Å². The summed E-state index contributed by atoms with van der Waals surface area (Å²) in [5.41, 5.74) is 2.93. The lowest BCUT2D eigenvalue weighted by molar-refractivity contribution is 0.0941. The fourth-order valence-corrected chi connectivity index (χ4v) is 3.06. The molecule has 1 atom stereocenters. The minimum absolute atomic E-state index is 0.0876. The summed E-state index contributed by atoms with van der Waals surface area (Å²) in [5, 5.41) is 5.83. The van der Waals surface area contributed by atoms with Crippen molar-refractivity contribution in [1.29, 1.82) is 0 Å². The van der Waals surface area contributed by atoms with Crippen molar-refractivity contribution in [3.63, 3.8) is 0 Å². The van der Waals surface area contributed by atoms with Gasteiger partial charge in [-0.25, -0.2) is 0 Å². The molecule has 0 saturated carbocycles. The molecule has 5 heteroatoms. The first-order valence-electron chi connectivity index (χ1n) is 9.50. The zero-order valence-electron chi connectivity index (χ0n) is 16.6. The highest BCUT2D eigenvalue weighted by atomic mass is 16.2. The number of hydrogen-bond acceptors (Lipinski definition) is 3. The number of benzene rings is 3. The summed E-state index contributed by atoms with van der Waals surface area (Å²) < 4.78 is 0. The van der Waals surface area contributed by atoms with Gasteiger partial charge < -0.3 is 15.5 Å². The molecule has 0 aromatic heterocycles. The second-order valence-corrected chi connectivity index (χ2v) is 7.00. The van der Waals surface area contributed by atoms with Gasteiger partial charge in [0.15, 0.2) is 0 Å². The number of anilines is 1. The van der Waals surface area contributed by atoms with Crippen LogP contribution in [0.1, 0.15) is 32.3 Å². The van der Waals surface area contributed by atoms with Gasteiger partial charge in [-0.1, -0.05) is 48.5 Å². The van der Waals surface area contributed by atoms with E-state index in [9.17, 15) is 9.59 Å². The molecule has 0 aliphatic carbocycles. The van der Waals surface area contributed by atoms with Crippen LogP contribution < -0.4 is 10.6 Å². The Morgan fingerprint density at radius 3 is 1.90 bits per heavy atom. The second kappa shape index (κ2) is 9.66. The lowest BCUT2D eigenvalue weighted by atomic mass is 10.1. The maximum atomic E-state index is 12.5. The molecule has 1 unspecified atom stereocenters. The summed E-state index contributed by atoms with van der Waals surface area (Å²) in [7, 11) is 3.99. The van der Waals surface area contributed by atoms with Gasteiger partial charge in [0.25, 0.3) is 11.8 Å². The summed E-state index contributed by atoms with van der Waals surface area (Å²) in [4.78, 5) is 26.8. The molecule has 0 saturated heterocycles. The Hall–Kier alpha value is -3.44. The molecule has 2 amide bonds. The van der Waals surface area contributed by atoms with Crippen molar-refractivity contribution < 1.29 is 9.59 Å². The normalized spacial score (nSPS) is 11.7. The van der Waals surface area contributed by atoms with Gasteiger partial charge >= 0.3 is 0 Å². The molecular formula is C24H25N3O2. The van der Waals surface area contributed by atoms with Crippen LogP contribution in [0, 0.1) is 0 Å². The summed E-state index contributed by atoms with van der Waals surface area (Å²) in [5.74, 6) is -0.326. The molecule has 0 spiro atoms. The Morgan fingerprint density at radius 1 is 0.759 bits per heavy atom. The van der Waals surface area contributed by atoms with Crippen molar-refractivity contribution in [1.82, 2.24) is 10.2 Å². The number of carbonyl (C=O) groups excluding carboxylic acids is 2. The molecule has 2 N–H and O–H groups in total. The highest BCUT2D eigenvalue weighted by Gasteiger charge is 2.15. The van der Waals surface area contributed by atoms with Gasteiger partial charge in [-0.15, -0.1) is 0 Å². The van der Waals surface area contributed by atoms with Gasteiger partial charge in [0.05, 0.1) is 6.04 Å². The molecule has 0 aliphatic rings. The van der Waals surface area contributed by atoms with E-state index in [-0.39, 0.29) is 17.9 Å². The van der Waals surface area contributed by atoms with Gasteiger partial charge in [0.1, 0.15) is 0 Å². The predicted molar refractivity (Wildman–Crippen MR) is 116 cm³/mol. The zero-order chi connectivity index (χ0) is 20.6. The molecule has 0 fully saturated rings. The van der Waals surface area contributed by atoms with Crippen LogP contribution in [-0.4, -0.2) is 37.4 Å². The maximum Gasteiger partial charge on any atom is 0.255 e. The van der Waals surface area contributed by atoms with E-state index in [0.717, 1.165) is 5.56 Å². The van der Waals surface area contributed by atoms with Crippen molar-refractivity contribution in [2.24, 2.45) is 0 Å². The molecule has 5 nitrogen and oxygen atoms in total. The number of hydrogen-bond donors (Lipinski definition) is 2. The molecule has 0 heterocycles. The van der Waals surface area contributed by atoms with Crippen LogP contribution >= 0.6 is 0 Å². The average molecular weight is 387 g/mol. The van der Waals surface area contributed by atoms with Crippen LogP contribution in [0.5, 0.6) is 0 Å². The zero-order valence-corrected chi connectivity index (χ0v) is 16.6. The van der Waals surface area contributed by atoms with Gasteiger partial charge in [-0.3, -0.25) is 9.59 Å². The van der Waals surface area contributed by atoms with E-state index in [0.29, 0.717) is 23.4 Å². The minimum atomic E-state index is -0.181. The van der Waals surface area contributed by atoms with Crippen molar-refractivity contribution in [3.05, 3.63) is 102 Å². The van der Waals surface area contributed by atoms with Crippen molar-refractivity contribution in [3.8, 4) is 0 Å². The Morgan fingerprint density at radius 2 is 1.31 bits per heavy atom. The van der Waals surface area contributed by atoms with E-state index < -0.39 is 0 Å². The SMILES string of the molecule is CN(C)C(CNC(=O)c1ccc(NC(=O)c2ccccc2)cc1)c1ccccc1. The molecular weight excluding hydrogens is 362 g/mol. The fourth-order valence-electron chi connectivity index (χ4n) is 3.06. The van der Waals surface area contributed by atoms with E-state index in [4.69, 9.17) is 0 Å². The van der Waals surface area contributed by atoms with Crippen molar-refractivity contribution >= 4 is 17.5 Å². The van der Waals surface area contributed by atoms with Crippen LogP contribution in [0.4, 0.5) is 5.69 Å². The van der Waals surface area contributed by atoms with Crippen LogP contribution in [0.25, 0.3) is 0 Å². The molecule has 148 valence electrons. The molecule has 3 aromatic rings. The first-order chi connectivity index (χ1) is 14.0. The van der Waals surface area contributed by atoms with E-state index in [1.807, 2.05) is 50.5 Å². The minimum Gasteiger partial charge on any atom is -0.350 e. The average Bonchev–Trinajstić information content (AvgIpc) is 2.75. The largest absolute Gasteiger partial charge is 0.350 e. The van der Waals surface area contributed by atoms with E-state index in [2.05, 4.69) is 27.7 Å². The number of rotatable bonds is 7. The lowest BCUT2D eigenvalue weighted by Crippen LogP contribution is -2.34. The third-order valence-corrected chi connectivity index (χ3v) is 4.70. The third-order valence-electron chi connectivity index (χ3n) is 4.70. The summed E-state index contributed by atoms with van der Waals surface area (Å²) >= 11 is 0. The third kappa shape index (κ3) is 5.53. The number of likely N-dealkylation sites (N-methyl/N-ethyl adjacent to an activating group) is 1. The number of carbonyl (C=O) groups is 2.